The van der Waals surface area contributed by atoms with Crippen molar-refractivity contribution in [2.75, 3.05) is 7.11 Å². The van der Waals surface area contributed by atoms with E-state index in [1.165, 1.54) is 7.11 Å². The number of hydrogen-bond donors (Lipinski definition) is 2. The lowest BCUT2D eigenvalue weighted by atomic mass is 10.1. The predicted octanol–water partition coefficient (Wildman–Crippen LogP) is 3.07. The second-order valence-electron chi connectivity index (χ2n) is 5.28. The number of rotatable bonds is 5. The molecule has 0 unspecified atom stereocenters. The lowest BCUT2D eigenvalue weighted by molar-refractivity contribution is -0.140. The van der Waals surface area contributed by atoms with Gasteiger partial charge < -0.3 is 15.0 Å². The predicted molar refractivity (Wildman–Crippen MR) is 90.4 cm³/mol. The van der Waals surface area contributed by atoms with Crippen LogP contribution < -0.4 is 5.32 Å². The zero-order chi connectivity index (χ0) is 16.1. The number of aryl methyl sites for hydroxylation is 1. The Kier molecular flexibility index (Phi) is 4.57. The quantitative estimate of drug-likeness (QED) is 0.833. The summed E-state index contributed by atoms with van der Waals surface area (Å²) in [7, 11) is 1.41. The SMILES string of the molecule is COC(=O)CCCc1nc2c(C3=CC=CC=CN3)cccc2[nH]1. The summed E-state index contributed by atoms with van der Waals surface area (Å²) in [6, 6.07) is 6.07. The highest BCUT2D eigenvalue weighted by Gasteiger charge is 2.11. The van der Waals surface area contributed by atoms with Crippen molar-refractivity contribution in [3.05, 3.63) is 60.1 Å². The zero-order valence-corrected chi connectivity index (χ0v) is 13.0. The molecule has 3 rings (SSSR count). The second-order valence-corrected chi connectivity index (χ2v) is 5.28. The molecule has 5 heteroatoms. The molecule has 1 aromatic heterocycles. The van der Waals surface area contributed by atoms with Crippen LogP contribution in [0.1, 0.15) is 24.2 Å². The van der Waals surface area contributed by atoms with Crippen molar-refractivity contribution in [1.29, 1.82) is 0 Å². The maximum atomic E-state index is 11.2. The normalized spacial score (nSPS) is 13.5. The number of aromatic amines is 1. The van der Waals surface area contributed by atoms with Gasteiger partial charge in [0.05, 0.1) is 18.1 Å². The monoisotopic (exact) mass is 309 g/mol. The van der Waals surface area contributed by atoms with Crippen molar-refractivity contribution in [2.45, 2.75) is 19.3 Å². The molecule has 0 spiro atoms. The van der Waals surface area contributed by atoms with Crippen LogP contribution in [0.25, 0.3) is 16.7 Å². The van der Waals surface area contributed by atoms with E-state index in [1.807, 2.05) is 48.7 Å². The molecule has 2 heterocycles. The van der Waals surface area contributed by atoms with Gasteiger partial charge in [-0.25, -0.2) is 4.98 Å². The highest BCUT2D eigenvalue weighted by molar-refractivity contribution is 5.89. The molecule has 2 N–H and O–H groups in total. The van der Waals surface area contributed by atoms with E-state index < -0.39 is 0 Å². The molecule has 0 aliphatic carbocycles. The van der Waals surface area contributed by atoms with Gasteiger partial charge in [0.1, 0.15) is 5.82 Å². The van der Waals surface area contributed by atoms with Gasteiger partial charge >= 0.3 is 5.97 Å². The molecule has 0 atom stereocenters. The molecule has 2 aromatic rings. The smallest absolute Gasteiger partial charge is 0.305 e. The van der Waals surface area contributed by atoms with Crippen LogP contribution in [0.3, 0.4) is 0 Å². The number of aromatic nitrogens is 2. The van der Waals surface area contributed by atoms with Gasteiger partial charge in [-0.1, -0.05) is 24.3 Å². The van der Waals surface area contributed by atoms with Gasteiger partial charge in [-0.2, -0.15) is 0 Å². The van der Waals surface area contributed by atoms with Crippen molar-refractivity contribution in [1.82, 2.24) is 15.3 Å². The van der Waals surface area contributed by atoms with E-state index in [2.05, 4.69) is 15.0 Å². The molecule has 0 saturated carbocycles. The van der Waals surface area contributed by atoms with Gasteiger partial charge in [-0.05, 0) is 24.6 Å². The number of nitrogens with zero attached hydrogens (tertiary/aromatic N) is 1. The summed E-state index contributed by atoms with van der Waals surface area (Å²) >= 11 is 0. The molecule has 23 heavy (non-hydrogen) atoms. The van der Waals surface area contributed by atoms with Gasteiger partial charge in [-0.3, -0.25) is 4.79 Å². The Labute approximate surface area is 134 Å². The van der Waals surface area contributed by atoms with Crippen molar-refractivity contribution in [3.63, 3.8) is 0 Å². The molecular weight excluding hydrogens is 290 g/mol. The molecule has 0 bridgehead atoms. The first-order chi connectivity index (χ1) is 11.3. The highest BCUT2D eigenvalue weighted by atomic mass is 16.5. The molecule has 0 amide bonds. The number of allylic oxidation sites excluding steroid dienone is 4. The van der Waals surface area contributed by atoms with E-state index in [1.54, 1.807) is 0 Å². The van der Waals surface area contributed by atoms with Crippen molar-refractivity contribution in [3.8, 4) is 0 Å². The summed E-state index contributed by atoms with van der Waals surface area (Å²) in [5.74, 6) is 0.699. The summed E-state index contributed by atoms with van der Waals surface area (Å²) < 4.78 is 4.66. The number of carbonyl (C=O) groups is 1. The van der Waals surface area contributed by atoms with Crippen LogP contribution in [0.4, 0.5) is 0 Å². The number of H-pyrrole nitrogens is 1. The minimum atomic E-state index is -0.187. The van der Waals surface area contributed by atoms with Crippen molar-refractivity contribution < 1.29 is 9.53 Å². The number of fused-ring (bicyclic) bond motifs is 1. The average molecular weight is 309 g/mol. The van der Waals surface area contributed by atoms with Gasteiger partial charge in [0.15, 0.2) is 0 Å². The zero-order valence-electron chi connectivity index (χ0n) is 13.0. The number of nitrogens with one attached hydrogen (secondary N) is 2. The largest absolute Gasteiger partial charge is 0.469 e. The molecule has 0 saturated heterocycles. The van der Waals surface area contributed by atoms with Crippen LogP contribution in [0.2, 0.25) is 0 Å². The van der Waals surface area contributed by atoms with Crippen LogP contribution in [0.15, 0.2) is 48.7 Å². The Balaban J connectivity index is 1.84. The number of carbonyl (C=O) groups excluding carboxylic acids is 1. The number of methoxy groups -OCH3 is 1. The highest BCUT2D eigenvalue weighted by Crippen LogP contribution is 2.23. The van der Waals surface area contributed by atoms with E-state index in [0.717, 1.165) is 34.5 Å². The van der Waals surface area contributed by atoms with Crippen LogP contribution in [-0.4, -0.2) is 23.0 Å². The summed E-state index contributed by atoms with van der Waals surface area (Å²) in [5, 5.41) is 3.27. The molecule has 5 nitrogen and oxygen atoms in total. The summed E-state index contributed by atoms with van der Waals surface area (Å²) in [6.45, 7) is 0. The number of ether oxygens (including phenoxy) is 1. The van der Waals surface area contributed by atoms with Gasteiger partial charge in [0.2, 0.25) is 0 Å². The van der Waals surface area contributed by atoms with Gasteiger partial charge in [0, 0.05) is 30.3 Å². The van der Waals surface area contributed by atoms with Crippen LogP contribution in [0, 0.1) is 0 Å². The first-order valence-corrected chi connectivity index (χ1v) is 7.63. The summed E-state index contributed by atoms with van der Waals surface area (Å²) in [6.07, 6.45) is 11.7. The number of benzene rings is 1. The number of hydrogen-bond acceptors (Lipinski definition) is 4. The van der Waals surface area contributed by atoms with E-state index in [0.29, 0.717) is 12.8 Å². The average Bonchev–Trinajstić information content (AvgIpc) is 2.79. The fourth-order valence-electron chi connectivity index (χ4n) is 2.55. The Morgan fingerprint density at radius 2 is 2.17 bits per heavy atom. The topological polar surface area (TPSA) is 67.0 Å². The molecule has 1 aromatic carbocycles. The summed E-state index contributed by atoms with van der Waals surface area (Å²) in [4.78, 5) is 19.2. The molecule has 0 fully saturated rings. The minimum Gasteiger partial charge on any atom is -0.469 e. The molecule has 0 radical (unpaired) electrons. The first-order valence-electron chi connectivity index (χ1n) is 7.63. The first kappa shape index (κ1) is 15.1. The Morgan fingerprint density at radius 3 is 3.04 bits per heavy atom. The number of para-hydroxylation sites is 1. The third-order valence-corrected chi connectivity index (χ3v) is 3.69. The standard InChI is InChI=1S/C18H19N3O2/c1-23-17(22)11-6-10-16-20-15-9-5-7-13(18(15)21-16)14-8-3-2-4-12-19-14/h2-5,7-9,12,19H,6,10-11H2,1H3,(H,20,21). The Morgan fingerprint density at radius 1 is 1.26 bits per heavy atom. The van der Waals surface area contributed by atoms with E-state index in [4.69, 9.17) is 4.98 Å². The molecular formula is C18H19N3O2. The van der Waals surface area contributed by atoms with E-state index in [9.17, 15) is 4.79 Å². The van der Waals surface area contributed by atoms with Gasteiger partial charge in [0.25, 0.3) is 0 Å². The van der Waals surface area contributed by atoms with Gasteiger partial charge in [-0.15, -0.1) is 0 Å². The fraction of sp³-hybridized carbons (Fsp3) is 0.222. The second kappa shape index (κ2) is 6.96. The Hall–Kier alpha value is -2.82. The third kappa shape index (κ3) is 3.51. The van der Waals surface area contributed by atoms with Crippen molar-refractivity contribution in [2.24, 2.45) is 0 Å². The lowest BCUT2D eigenvalue weighted by Crippen LogP contribution is -2.03. The maximum absolute atomic E-state index is 11.2. The van der Waals surface area contributed by atoms with E-state index >= 15 is 0 Å². The van der Waals surface area contributed by atoms with Crippen LogP contribution >= 0.6 is 0 Å². The van der Waals surface area contributed by atoms with E-state index in [-0.39, 0.29) is 5.97 Å². The third-order valence-electron chi connectivity index (χ3n) is 3.69. The van der Waals surface area contributed by atoms with Crippen LogP contribution in [0.5, 0.6) is 0 Å². The number of esters is 1. The summed E-state index contributed by atoms with van der Waals surface area (Å²) in [5.41, 5.74) is 3.99. The molecule has 118 valence electrons. The van der Waals surface area contributed by atoms with Crippen molar-refractivity contribution >= 4 is 22.7 Å². The molecule has 1 aliphatic rings. The Bertz CT molecular complexity index is 800. The maximum Gasteiger partial charge on any atom is 0.305 e. The van der Waals surface area contributed by atoms with Crippen LogP contribution in [-0.2, 0) is 16.0 Å². The number of imidazole rings is 1. The fourth-order valence-corrected chi connectivity index (χ4v) is 2.55. The minimum absolute atomic E-state index is 0.187. The molecule has 1 aliphatic heterocycles. The lowest BCUT2D eigenvalue weighted by Gasteiger charge is -2.06.